The standard InChI is InChI=1S/C24H26N6O/c31-24(19-5-6-19)29-13-11-28(12-14-29)21-7-8-27-30-16-20(15-22(21)30)17-1-3-18(4-2-17)23-25-9-10-26-23/h1-4,7-8,15-16,19H,5-6,9-14H2,(H,25,26). The van der Waals surface area contributed by atoms with Crippen LogP contribution in [0.1, 0.15) is 18.4 Å². The van der Waals surface area contributed by atoms with Gasteiger partial charge >= 0.3 is 0 Å². The molecule has 2 fully saturated rings. The molecule has 7 nitrogen and oxygen atoms in total. The molecule has 31 heavy (non-hydrogen) atoms. The van der Waals surface area contributed by atoms with E-state index in [4.69, 9.17) is 0 Å². The van der Waals surface area contributed by atoms with Crippen molar-refractivity contribution < 1.29 is 4.79 Å². The Balaban J connectivity index is 1.24. The Morgan fingerprint density at radius 2 is 1.74 bits per heavy atom. The van der Waals surface area contributed by atoms with Crippen LogP contribution >= 0.6 is 0 Å². The van der Waals surface area contributed by atoms with E-state index in [9.17, 15) is 4.79 Å². The van der Waals surface area contributed by atoms with Crippen molar-refractivity contribution in [3.05, 3.63) is 54.4 Å². The number of amidine groups is 1. The molecule has 0 unspecified atom stereocenters. The zero-order valence-electron chi connectivity index (χ0n) is 17.5. The molecule has 1 saturated heterocycles. The molecule has 2 aromatic heterocycles. The van der Waals surface area contributed by atoms with E-state index in [0.717, 1.165) is 74.6 Å². The second kappa shape index (κ2) is 7.41. The van der Waals surface area contributed by atoms with Gasteiger partial charge in [0.05, 0.1) is 17.7 Å². The first-order valence-corrected chi connectivity index (χ1v) is 11.2. The minimum atomic E-state index is 0.301. The quantitative estimate of drug-likeness (QED) is 0.712. The van der Waals surface area contributed by atoms with Crippen molar-refractivity contribution in [3.63, 3.8) is 0 Å². The fourth-order valence-electron chi connectivity index (χ4n) is 4.59. The van der Waals surface area contributed by atoms with E-state index in [1.54, 1.807) is 0 Å². The second-order valence-electron chi connectivity index (χ2n) is 8.60. The minimum Gasteiger partial charge on any atom is -0.368 e. The molecule has 1 amide bonds. The molecule has 158 valence electrons. The summed E-state index contributed by atoms with van der Waals surface area (Å²) in [6.45, 7) is 5.09. The summed E-state index contributed by atoms with van der Waals surface area (Å²) in [6, 6.07) is 12.8. The maximum Gasteiger partial charge on any atom is 0.225 e. The molecule has 0 atom stereocenters. The summed E-state index contributed by atoms with van der Waals surface area (Å²) in [5.74, 6) is 1.64. The van der Waals surface area contributed by atoms with Gasteiger partial charge in [0.15, 0.2) is 0 Å². The zero-order chi connectivity index (χ0) is 20.8. The van der Waals surface area contributed by atoms with Crippen LogP contribution in [0.4, 0.5) is 5.69 Å². The normalized spacial score (nSPS) is 18.9. The summed E-state index contributed by atoms with van der Waals surface area (Å²) in [5, 5.41) is 7.86. The number of benzene rings is 1. The Morgan fingerprint density at radius 3 is 2.45 bits per heavy atom. The third-order valence-corrected chi connectivity index (χ3v) is 6.51. The lowest BCUT2D eigenvalue weighted by Crippen LogP contribution is -2.49. The van der Waals surface area contributed by atoms with Gasteiger partial charge in [0.25, 0.3) is 0 Å². The summed E-state index contributed by atoms with van der Waals surface area (Å²) in [7, 11) is 0. The molecule has 0 bridgehead atoms. The first-order chi connectivity index (χ1) is 15.3. The predicted octanol–water partition coefficient (Wildman–Crippen LogP) is 2.41. The fourth-order valence-corrected chi connectivity index (χ4v) is 4.59. The van der Waals surface area contributed by atoms with Crippen LogP contribution in [-0.4, -0.2) is 65.5 Å². The Bertz CT molecular complexity index is 1150. The molecule has 4 heterocycles. The van der Waals surface area contributed by atoms with E-state index in [0.29, 0.717) is 11.8 Å². The van der Waals surface area contributed by atoms with E-state index in [-0.39, 0.29) is 0 Å². The van der Waals surface area contributed by atoms with Gasteiger partial charge in [0.1, 0.15) is 5.84 Å². The predicted molar refractivity (Wildman–Crippen MR) is 122 cm³/mol. The number of fused-ring (bicyclic) bond motifs is 1. The van der Waals surface area contributed by atoms with E-state index in [1.807, 2.05) is 15.6 Å². The number of nitrogens with zero attached hydrogens (tertiary/aromatic N) is 5. The summed E-state index contributed by atoms with van der Waals surface area (Å²) in [5.41, 5.74) is 5.72. The molecule has 6 rings (SSSR count). The number of hydrogen-bond acceptors (Lipinski definition) is 5. The van der Waals surface area contributed by atoms with Gasteiger partial charge in [-0.25, -0.2) is 4.52 Å². The molecule has 7 heteroatoms. The van der Waals surface area contributed by atoms with Crippen molar-refractivity contribution in [3.8, 4) is 11.1 Å². The van der Waals surface area contributed by atoms with Crippen LogP contribution in [0.15, 0.2) is 53.8 Å². The average molecular weight is 415 g/mol. The van der Waals surface area contributed by atoms with Gasteiger partial charge in [0.2, 0.25) is 5.91 Å². The highest BCUT2D eigenvalue weighted by Crippen LogP contribution is 2.32. The van der Waals surface area contributed by atoms with Crippen LogP contribution in [0.2, 0.25) is 0 Å². The zero-order valence-corrected chi connectivity index (χ0v) is 17.5. The smallest absolute Gasteiger partial charge is 0.225 e. The third-order valence-electron chi connectivity index (χ3n) is 6.51. The van der Waals surface area contributed by atoms with Gasteiger partial charge in [-0.1, -0.05) is 24.3 Å². The molecule has 3 aliphatic rings. The lowest BCUT2D eigenvalue weighted by atomic mass is 10.1. The monoisotopic (exact) mass is 414 g/mol. The van der Waals surface area contributed by atoms with Crippen LogP contribution in [0.25, 0.3) is 16.6 Å². The SMILES string of the molecule is O=C(C1CC1)N1CCN(c2ccnn3cc(-c4ccc(C5=NCCN5)cc4)cc23)CC1. The number of aromatic nitrogens is 2. The maximum absolute atomic E-state index is 12.4. The van der Waals surface area contributed by atoms with Gasteiger partial charge in [-0.2, -0.15) is 5.10 Å². The largest absolute Gasteiger partial charge is 0.368 e. The Hall–Kier alpha value is -3.35. The van der Waals surface area contributed by atoms with E-state index in [2.05, 4.69) is 62.9 Å². The number of rotatable bonds is 4. The van der Waals surface area contributed by atoms with Crippen molar-refractivity contribution in [2.45, 2.75) is 12.8 Å². The molecule has 1 aromatic carbocycles. The molecule has 3 aromatic rings. The second-order valence-corrected chi connectivity index (χ2v) is 8.60. The lowest BCUT2D eigenvalue weighted by Gasteiger charge is -2.36. The third kappa shape index (κ3) is 3.44. The molecule has 2 aliphatic heterocycles. The van der Waals surface area contributed by atoms with Crippen molar-refractivity contribution in [2.75, 3.05) is 44.2 Å². The number of anilines is 1. The molecular weight excluding hydrogens is 388 g/mol. The number of nitrogens with one attached hydrogen (secondary N) is 1. The highest BCUT2D eigenvalue weighted by Gasteiger charge is 2.34. The van der Waals surface area contributed by atoms with Crippen LogP contribution in [0.3, 0.4) is 0 Å². The van der Waals surface area contributed by atoms with Crippen LogP contribution < -0.4 is 10.2 Å². The molecule has 0 spiro atoms. The lowest BCUT2D eigenvalue weighted by molar-refractivity contribution is -0.132. The summed E-state index contributed by atoms with van der Waals surface area (Å²) in [6.07, 6.45) is 6.10. The highest BCUT2D eigenvalue weighted by atomic mass is 16.2. The summed E-state index contributed by atoms with van der Waals surface area (Å²) in [4.78, 5) is 21.3. The number of carbonyl (C=O) groups is 1. The van der Waals surface area contributed by atoms with Crippen LogP contribution in [0.5, 0.6) is 0 Å². The number of amides is 1. The maximum atomic E-state index is 12.4. The molecular formula is C24H26N6O. The van der Waals surface area contributed by atoms with Gasteiger partial charge in [-0.15, -0.1) is 0 Å². The van der Waals surface area contributed by atoms with Gasteiger partial charge in [-0.3, -0.25) is 9.79 Å². The van der Waals surface area contributed by atoms with Crippen LogP contribution in [-0.2, 0) is 4.79 Å². The van der Waals surface area contributed by atoms with Gasteiger partial charge in [-0.05, 0) is 30.5 Å². The van der Waals surface area contributed by atoms with E-state index < -0.39 is 0 Å². The van der Waals surface area contributed by atoms with Gasteiger partial charge in [0, 0.05) is 62.2 Å². The Kier molecular flexibility index (Phi) is 4.40. The average Bonchev–Trinajstić information content (AvgIpc) is 3.33. The summed E-state index contributed by atoms with van der Waals surface area (Å²) < 4.78 is 1.96. The minimum absolute atomic E-state index is 0.301. The van der Waals surface area contributed by atoms with Crippen LogP contribution in [0, 0.1) is 5.92 Å². The van der Waals surface area contributed by atoms with Crippen molar-refractivity contribution in [1.82, 2.24) is 19.8 Å². The highest BCUT2D eigenvalue weighted by molar-refractivity contribution is 6.00. The molecule has 0 radical (unpaired) electrons. The molecule has 1 aliphatic carbocycles. The van der Waals surface area contributed by atoms with Crippen molar-refractivity contribution in [1.29, 1.82) is 0 Å². The van der Waals surface area contributed by atoms with E-state index >= 15 is 0 Å². The number of piperazine rings is 1. The number of hydrogen-bond donors (Lipinski definition) is 1. The van der Waals surface area contributed by atoms with Crippen molar-refractivity contribution in [2.24, 2.45) is 10.9 Å². The van der Waals surface area contributed by atoms with Crippen molar-refractivity contribution >= 4 is 22.9 Å². The first kappa shape index (κ1) is 18.4. The molecule has 1 N–H and O–H groups in total. The number of carbonyl (C=O) groups excluding carboxylic acids is 1. The van der Waals surface area contributed by atoms with E-state index in [1.165, 1.54) is 11.3 Å². The molecule has 1 saturated carbocycles. The topological polar surface area (TPSA) is 65.2 Å². The Morgan fingerprint density at radius 1 is 0.968 bits per heavy atom. The number of aliphatic imine (C=N–C) groups is 1. The first-order valence-electron chi connectivity index (χ1n) is 11.2. The summed E-state index contributed by atoms with van der Waals surface area (Å²) >= 11 is 0. The van der Waals surface area contributed by atoms with Gasteiger partial charge < -0.3 is 15.1 Å². The fraction of sp³-hybridized carbons (Fsp3) is 0.375. The Labute approximate surface area is 181 Å².